The summed E-state index contributed by atoms with van der Waals surface area (Å²) in [5.74, 6) is 0.783. The first-order valence-corrected chi connectivity index (χ1v) is 14.0. The third-order valence-corrected chi connectivity index (χ3v) is 7.92. The van der Waals surface area contributed by atoms with Crippen molar-refractivity contribution in [3.63, 3.8) is 0 Å². The van der Waals surface area contributed by atoms with E-state index in [0.717, 1.165) is 38.2 Å². The van der Waals surface area contributed by atoms with Crippen molar-refractivity contribution in [1.82, 2.24) is 15.5 Å². The van der Waals surface area contributed by atoms with Crippen LogP contribution in [0.1, 0.15) is 77.7 Å². The molecule has 2 amide bonds. The molecule has 1 atom stereocenters. The molecule has 1 aromatic rings. The molecule has 0 spiro atoms. The Morgan fingerprint density at radius 2 is 1.74 bits per heavy atom. The normalized spacial score (nSPS) is 19.4. The third-order valence-electron chi connectivity index (χ3n) is 6.50. The quantitative estimate of drug-likeness (QED) is 0.504. The molecule has 2 aliphatic rings. The van der Waals surface area contributed by atoms with Crippen molar-refractivity contribution in [2.45, 2.75) is 102 Å². The maximum absolute atomic E-state index is 13.2. The number of nitrogens with zero attached hydrogens (tertiary/aromatic N) is 1. The summed E-state index contributed by atoms with van der Waals surface area (Å²) in [5, 5.41) is 6.75. The predicted molar refractivity (Wildman–Crippen MR) is 140 cm³/mol. The molecule has 2 N–H and O–H groups in total. The van der Waals surface area contributed by atoms with Gasteiger partial charge in [-0.1, -0.05) is 49.6 Å². The van der Waals surface area contributed by atoms with Crippen LogP contribution in [0.5, 0.6) is 0 Å². The maximum atomic E-state index is 13.2. The highest BCUT2D eigenvalue weighted by Crippen LogP contribution is 2.28. The van der Waals surface area contributed by atoms with E-state index in [1.165, 1.54) is 37.7 Å². The summed E-state index contributed by atoms with van der Waals surface area (Å²) in [6.07, 6.45) is 8.44. The number of likely N-dealkylation sites (tertiary alicyclic amines) is 1. The SMILES string of the molecule is CC(C)(C)OC(=O)NC(CCSC1CCCCC1)C(=O)NC1CCN(Cc2ccccc2)CC1. The molecule has 0 bridgehead atoms. The van der Waals surface area contributed by atoms with Crippen LogP contribution >= 0.6 is 11.8 Å². The van der Waals surface area contributed by atoms with Gasteiger partial charge in [0, 0.05) is 30.9 Å². The molecule has 1 aliphatic carbocycles. The van der Waals surface area contributed by atoms with Gasteiger partial charge in [-0.25, -0.2) is 4.79 Å². The van der Waals surface area contributed by atoms with Crippen LogP contribution in [0.4, 0.5) is 4.79 Å². The van der Waals surface area contributed by atoms with Gasteiger partial charge in [-0.15, -0.1) is 0 Å². The smallest absolute Gasteiger partial charge is 0.408 e. The van der Waals surface area contributed by atoms with Crippen LogP contribution in [0.15, 0.2) is 30.3 Å². The molecule has 190 valence electrons. The molecule has 1 saturated heterocycles. The number of hydrogen-bond donors (Lipinski definition) is 2. The summed E-state index contributed by atoms with van der Waals surface area (Å²) in [4.78, 5) is 28.0. The molecule has 6 nitrogen and oxygen atoms in total. The van der Waals surface area contributed by atoms with Gasteiger partial charge in [0.15, 0.2) is 0 Å². The van der Waals surface area contributed by atoms with Crippen LogP contribution < -0.4 is 10.6 Å². The fraction of sp³-hybridized carbons (Fsp3) is 0.704. The van der Waals surface area contributed by atoms with Crippen LogP contribution in [0.2, 0.25) is 0 Å². The Labute approximate surface area is 210 Å². The minimum atomic E-state index is -0.590. The van der Waals surface area contributed by atoms with E-state index in [-0.39, 0.29) is 11.9 Å². The van der Waals surface area contributed by atoms with Crippen LogP contribution in [-0.4, -0.2) is 58.7 Å². The first-order valence-electron chi connectivity index (χ1n) is 13.0. The molecule has 1 aliphatic heterocycles. The van der Waals surface area contributed by atoms with Gasteiger partial charge in [-0.2, -0.15) is 11.8 Å². The van der Waals surface area contributed by atoms with Crippen LogP contribution in [-0.2, 0) is 16.1 Å². The van der Waals surface area contributed by atoms with E-state index in [0.29, 0.717) is 11.7 Å². The summed E-state index contributed by atoms with van der Waals surface area (Å²) >= 11 is 1.95. The van der Waals surface area contributed by atoms with Crippen molar-refractivity contribution < 1.29 is 14.3 Å². The Morgan fingerprint density at radius 3 is 2.38 bits per heavy atom. The van der Waals surface area contributed by atoms with E-state index in [1.807, 2.05) is 38.6 Å². The molecule has 0 radical (unpaired) electrons. The average Bonchev–Trinajstić information content (AvgIpc) is 2.80. The second-order valence-corrected chi connectivity index (χ2v) is 12.1. The zero-order chi connectivity index (χ0) is 24.4. The van der Waals surface area contributed by atoms with E-state index in [1.54, 1.807) is 0 Å². The Bertz CT molecular complexity index is 754. The van der Waals surface area contributed by atoms with E-state index in [9.17, 15) is 9.59 Å². The number of carbonyl (C=O) groups is 2. The fourth-order valence-electron chi connectivity index (χ4n) is 4.68. The summed E-state index contributed by atoms with van der Waals surface area (Å²) in [6.45, 7) is 8.38. The van der Waals surface area contributed by atoms with E-state index < -0.39 is 17.7 Å². The molecular formula is C27H43N3O3S. The number of alkyl carbamates (subject to hydrolysis) is 1. The molecule has 34 heavy (non-hydrogen) atoms. The highest BCUT2D eigenvalue weighted by Gasteiger charge is 2.28. The number of nitrogens with one attached hydrogen (secondary N) is 2. The fourth-order valence-corrected chi connectivity index (χ4v) is 6.05. The first kappa shape index (κ1) is 26.9. The van der Waals surface area contributed by atoms with Gasteiger partial charge >= 0.3 is 6.09 Å². The highest BCUT2D eigenvalue weighted by molar-refractivity contribution is 7.99. The Balaban J connectivity index is 1.47. The summed E-state index contributed by atoms with van der Waals surface area (Å²) in [7, 11) is 0. The van der Waals surface area contributed by atoms with Gasteiger partial charge in [0.25, 0.3) is 0 Å². The van der Waals surface area contributed by atoms with Gasteiger partial charge in [0.1, 0.15) is 11.6 Å². The number of carbonyl (C=O) groups excluding carboxylic acids is 2. The molecular weight excluding hydrogens is 446 g/mol. The second-order valence-electron chi connectivity index (χ2n) is 10.7. The van der Waals surface area contributed by atoms with E-state index in [2.05, 4.69) is 39.8 Å². The van der Waals surface area contributed by atoms with E-state index >= 15 is 0 Å². The van der Waals surface area contributed by atoms with Crippen molar-refractivity contribution in [2.75, 3.05) is 18.8 Å². The van der Waals surface area contributed by atoms with Gasteiger partial charge < -0.3 is 15.4 Å². The molecule has 1 unspecified atom stereocenters. The van der Waals surface area contributed by atoms with Crippen LogP contribution in [0.3, 0.4) is 0 Å². The standard InChI is InChI=1S/C27H43N3O3S/c1-27(2,3)33-26(32)29-24(16-19-34-23-12-8-5-9-13-23)25(31)28-22-14-17-30(18-15-22)20-21-10-6-4-7-11-21/h4,6-7,10-11,22-24H,5,8-9,12-20H2,1-3H3,(H,28,31)(H,29,32). The number of hydrogen-bond acceptors (Lipinski definition) is 5. The zero-order valence-corrected chi connectivity index (χ0v) is 22.0. The van der Waals surface area contributed by atoms with Crippen molar-refractivity contribution in [3.8, 4) is 0 Å². The van der Waals surface area contributed by atoms with Crippen LogP contribution in [0, 0.1) is 0 Å². The summed E-state index contributed by atoms with van der Waals surface area (Å²) in [5.41, 5.74) is 0.732. The molecule has 1 aromatic carbocycles. The molecule has 1 heterocycles. The molecule has 1 saturated carbocycles. The van der Waals surface area contributed by atoms with Crippen molar-refractivity contribution in [1.29, 1.82) is 0 Å². The molecule has 7 heteroatoms. The molecule has 0 aromatic heterocycles. The van der Waals surface area contributed by atoms with Gasteiger partial charge in [0.05, 0.1) is 0 Å². The Kier molecular flexibility index (Phi) is 10.6. The monoisotopic (exact) mass is 489 g/mol. The number of amides is 2. The minimum absolute atomic E-state index is 0.0865. The lowest BCUT2D eigenvalue weighted by atomic mass is 10.0. The molecule has 3 rings (SSSR count). The summed E-state index contributed by atoms with van der Waals surface area (Å²) in [6, 6.07) is 10.1. The number of piperidine rings is 1. The maximum Gasteiger partial charge on any atom is 0.408 e. The number of ether oxygens (including phenoxy) is 1. The number of benzene rings is 1. The van der Waals surface area contributed by atoms with Crippen molar-refractivity contribution in [3.05, 3.63) is 35.9 Å². The second kappa shape index (κ2) is 13.4. The van der Waals surface area contributed by atoms with E-state index in [4.69, 9.17) is 4.74 Å². The lowest BCUT2D eigenvalue weighted by molar-refractivity contribution is -0.124. The van der Waals surface area contributed by atoms with Crippen molar-refractivity contribution >= 4 is 23.8 Å². The Hall–Kier alpha value is -1.73. The number of rotatable bonds is 9. The number of thioether (sulfide) groups is 1. The zero-order valence-electron chi connectivity index (χ0n) is 21.2. The lowest BCUT2D eigenvalue weighted by Gasteiger charge is -2.33. The average molecular weight is 490 g/mol. The topological polar surface area (TPSA) is 70.7 Å². The van der Waals surface area contributed by atoms with Gasteiger partial charge in [-0.05, 0) is 64.2 Å². The predicted octanol–water partition coefficient (Wildman–Crippen LogP) is 5.12. The Morgan fingerprint density at radius 1 is 1.06 bits per heavy atom. The summed E-state index contributed by atoms with van der Waals surface area (Å²) < 4.78 is 5.43. The molecule has 2 fully saturated rings. The highest BCUT2D eigenvalue weighted by atomic mass is 32.2. The van der Waals surface area contributed by atoms with Crippen LogP contribution in [0.25, 0.3) is 0 Å². The third kappa shape index (κ3) is 9.87. The lowest BCUT2D eigenvalue weighted by Crippen LogP contribution is -2.52. The largest absolute Gasteiger partial charge is 0.444 e. The van der Waals surface area contributed by atoms with Gasteiger partial charge in [-0.3, -0.25) is 9.69 Å². The minimum Gasteiger partial charge on any atom is -0.444 e. The van der Waals surface area contributed by atoms with Crippen molar-refractivity contribution in [2.24, 2.45) is 0 Å². The first-order chi connectivity index (χ1) is 16.3. The van der Waals surface area contributed by atoms with Gasteiger partial charge in [0.2, 0.25) is 5.91 Å².